The molecular weight excluding hydrogens is 452 g/mol. The van der Waals surface area contributed by atoms with Gasteiger partial charge in [0.2, 0.25) is 21.8 Å². The lowest BCUT2D eigenvalue weighted by atomic mass is 10.0. The summed E-state index contributed by atoms with van der Waals surface area (Å²) in [6.45, 7) is 7.33. The number of fused-ring (bicyclic) bond motifs is 1. The number of nitrogens with one attached hydrogen (secondary N) is 2. The molecule has 0 bridgehead atoms. The maximum atomic E-state index is 13.1. The summed E-state index contributed by atoms with van der Waals surface area (Å²) in [6, 6.07) is 11.6. The molecular formula is C25H34N4O4S. The van der Waals surface area contributed by atoms with Crippen molar-refractivity contribution in [3.05, 3.63) is 53.6 Å². The minimum Gasteiger partial charge on any atom is -0.378 e. The fourth-order valence-electron chi connectivity index (χ4n) is 4.19. The second kappa shape index (κ2) is 10.1. The summed E-state index contributed by atoms with van der Waals surface area (Å²) >= 11 is 0. The first-order valence-corrected chi connectivity index (χ1v) is 12.9. The predicted molar refractivity (Wildman–Crippen MR) is 134 cm³/mol. The van der Waals surface area contributed by atoms with Gasteiger partial charge in [-0.2, -0.15) is 4.72 Å². The van der Waals surface area contributed by atoms with Crippen molar-refractivity contribution < 1.29 is 18.0 Å². The van der Waals surface area contributed by atoms with E-state index in [0.29, 0.717) is 13.0 Å². The van der Waals surface area contributed by atoms with E-state index in [1.165, 1.54) is 13.0 Å². The average molecular weight is 487 g/mol. The first-order valence-electron chi connectivity index (χ1n) is 11.4. The Morgan fingerprint density at radius 2 is 1.76 bits per heavy atom. The zero-order valence-corrected chi connectivity index (χ0v) is 21.4. The van der Waals surface area contributed by atoms with E-state index in [2.05, 4.69) is 10.0 Å². The lowest BCUT2D eigenvalue weighted by molar-refractivity contribution is -0.123. The topological polar surface area (TPSA) is 98.8 Å². The van der Waals surface area contributed by atoms with Crippen molar-refractivity contribution in [1.82, 2.24) is 10.0 Å². The Morgan fingerprint density at radius 1 is 1.12 bits per heavy atom. The number of sulfonamides is 1. The molecule has 1 aliphatic rings. The largest absolute Gasteiger partial charge is 0.378 e. The number of anilines is 2. The van der Waals surface area contributed by atoms with Crippen molar-refractivity contribution in [2.75, 3.05) is 23.9 Å². The maximum absolute atomic E-state index is 13.1. The van der Waals surface area contributed by atoms with Crippen LogP contribution in [0.3, 0.4) is 0 Å². The van der Waals surface area contributed by atoms with Gasteiger partial charge in [0, 0.05) is 45.0 Å². The molecule has 8 nitrogen and oxygen atoms in total. The summed E-state index contributed by atoms with van der Waals surface area (Å²) in [5, 5.41) is 2.85. The van der Waals surface area contributed by atoms with Crippen LogP contribution in [0.25, 0.3) is 0 Å². The Kier molecular flexibility index (Phi) is 7.67. The predicted octanol–water partition coefficient (Wildman–Crippen LogP) is 2.67. The molecule has 2 aromatic carbocycles. The molecule has 1 heterocycles. The zero-order chi connectivity index (χ0) is 25.2. The van der Waals surface area contributed by atoms with Gasteiger partial charge in [-0.05, 0) is 60.7 Å². The molecule has 0 unspecified atom stereocenters. The lowest BCUT2D eigenvalue weighted by Crippen LogP contribution is -2.49. The van der Waals surface area contributed by atoms with Gasteiger partial charge < -0.3 is 15.1 Å². The number of carbonyl (C=O) groups excluding carboxylic acids is 2. The summed E-state index contributed by atoms with van der Waals surface area (Å²) in [4.78, 5) is 28.6. The first-order chi connectivity index (χ1) is 15.9. The Balaban J connectivity index is 1.72. The van der Waals surface area contributed by atoms with E-state index in [0.717, 1.165) is 22.5 Å². The van der Waals surface area contributed by atoms with E-state index >= 15 is 0 Å². The Hall–Kier alpha value is -2.91. The number of amides is 2. The van der Waals surface area contributed by atoms with Crippen molar-refractivity contribution in [1.29, 1.82) is 0 Å². The highest BCUT2D eigenvalue weighted by Crippen LogP contribution is 2.34. The van der Waals surface area contributed by atoms with Gasteiger partial charge in [0.25, 0.3) is 0 Å². The van der Waals surface area contributed by atoms with Crippen molar-refractivity contribution in [2.45, 2.75) is 57.6 Å². The quantitative estimate of drug-likeness (QED) is 0.598. The monoisotopic (exact) mass is 486 g/mol. The summed E-state index contributed by atoms with van der Waals surface area (Å²) in [5.41, 5.74) is 3.51. The van der Waals surface area contributed by atoms with Crippen molar-refractivity contribution >= 4 is 33.2 Å². The number of carbonyl (C=O) groups is 2. The molecule has 2 atom stereocenters. The third-order valence-electron chi connectivity index (χ3n) is 6.07. The van der Waals surface area contributed by atoms with E-state index in [9.17, 15) is 18.0 Å². The molecule has 0 aromatic heterocycles. The smallest absolute Gasteiger partial charge is 0.241 e. The van der Waals surface area contributed by atoms with Crippen LogP contribution in [0.4, 0.5) is 11.4 Å². The summed E-state index contributed by atoms with van der Waals surface area (Å²) in [6.07, 6.45) is 0.582. The maximum Gasteiger partial charge on any atom is 0.241 e. The molecule has 2 N–H and O–H groups in total. The molecule has 0 aliphatic carbocycles. The van der Waals surface area contributed by atoms with Crippen molar-refractivity contribution in [3.63, 3.8) is 0 Å². The number of hydrogen-bond acceptors (Lipinski definition) is 5. The number of nitrogens with zero attached hydrogens (tertiary/aromatic N) is 2. The zero-order valence-electron chi connectivity index (χ0n) is 20.6. The van der Waals surface area contributed by atoms with Crippen LogP contribution < -0.4 is 19.8 Å². The fraction of sp³-hybridized carbons (Fsp3) is 0.440. The van der Waals surface area contributed by atoms with Gasteiger partial charge in [0.15, 0.2) is 0 Å². The van der Waals surface area contributed by atoms with Crippen LogP contribution in [-0.4, -0.2) is 46.4 Å². The Bertz CT molecular complexity index is 1160. The molecule has 9 heteroatoms. The third kappa shape index (κ3) is 5.59. The summed E-state index contributed by atoms with van der Waals surface area (Å²) in [5.74, 6) is -0.714. The van der Waals surface area contributed by atoms with Crippen LogP contribution >= 0.6 is 0 Å². The normalized spacial score (nSPS) is 16.3. The third-order valence-corrected chi connectivity index (χ3v) is 7.51. The molecule has 1 aliphatic heterocycles. The first kappa shape index (κ1) is 25.7. The van der Waals surface area contributed by atoms with Crippen molar-refractivity contribution in [3.8, 4) is 0 Å². The number of hydrogen-bond donors (Lipinski definition) is 2. The van der Waals surface area contributed by atoms with Crippen LogP contribution in [0, 0.1) is 5.92 Å². The lowest BCUT2D eigenvalue weighted by Gasteiger charge is -2.22. The molecule has 0 saturated heterocycles. The van der Waals surface area contributed by atoms with Gasteiger partial charge >= 0.3 is 0 Å². The highest BCUT2D eigenvalue weighted by molar-refractivity contribution is 7.89. The molecule has 184 valence electrons. The Labute approximate surface area is 202 Å². The standard InChI is InChI=1S/C25H34N4O4S/c1-16(2)24(25(31)26-15-19-7-9-21(10-8-19)28(5)6)27-34(32,33)22-11-12-23-20(14-22)13-17(3)29(23)18(4)30/h7-12,14,16-17,24,27H,13,15H2,1-6H3,(H,26,31)/t17-,24-/m0/s1. The van der Waals surface area contributed by atoms with E-state index in [4.69, 9.17) is 0 Å². The van der Waals surface area contributed by atoms with E-state index < -0.39 is 16.1 Å². The number of benzene rings is 2. The minimum absolute atomic E-state index is 0.0283. The van der Waals surface area contributed by atoms with Crippen LogP contribution in [0.1, 0.15) is 38.8 Å². The van der Waals surface area contributed by atoms with Gasteiger partial charge in [0.05, 0.1) is 4.90 Å². The summed E-state index contributed by atoms with van der Waals surface area (Å²) in [7, 11) is -0.0334. The molecule has 0 spiro atoms. The van der Waals surface area contributed by atoms with Crippen LogP contribution in [-0.2, 0) is 32.6 Å². The molecule has 34 heavy (non-hydrogen) atoms. The molecule has 3 rings (SSSR count). The van der Waals surface area contributed by atoms with Crippen molar-refractivity contribution in [2.24, 2.45) is 5.92 Å². The van der Waals surface area contributed by atoms with Gasteiger partial charge in [-0.3, -0.25) is 9.59 Å². The van der Waals surface area contributed by atoms with E-state index in [1.807, 2.05) is 50.2 Å². The van der Waals surface area contributed by atoms with Gasteiger partial charge in [-0.1, -0.05) is 26.0 Å². The molecule has 2 aromatic rings. The van der Waals surface area contributed by atoms with Gasteiger partial charge in [-0.15, -0.1) is 0 Å². The SMILES string of the molecule is CC(=O)N1c2ccc(S(=O)(=O)N[C@H](C(=O)NCc3ccc(N(C)C)cc3)C(C)C)cc2C[C@@H]1C. The highest BCUT2D eigenvalue weighted by atomic mass is 32.2. The molecule has 0 radical (unpaired) electrons. The highest BCUT2D eigenvalue weighted by Gasteiger charge is 2.32. The van der Waals surface area contributed by atoms with Crippen LogP contribution in [0.2, 0.25) is 0 Å². The van der Waals surface area contributed by atoms with Gasteiger partial charge in [-0.25, -0.2) is 8.42 Å². The average Bonchev–Trinajstić information content (AvgIpc) is 3.11. The summed E-state index contributed by atoms with van der Waals surface area (Å²) < 4.78 is 28.9. The second-order valence-electron chi connectivity index (χ2n) is 9.35. The molecule has 0 fully saturated rings. The van der Waals surface area contributed by atoms with E-state index in [1.54, 1.807) is 30.9 Å². The van der Waals surface area contributed by atoms with Gasteiger partial charge in [0.1, 0.15) is 6.04 Å². The molecule has 0 saturated carbocycles. The molecule has 2 amide bonds. The van der Waals surface area contributed by atoms with E-state index in [-0.39, 0.29) is 28.7 Å². The Morgan fingerprint density at radius 3 is 2.32 bits per heavy atom. The fourth-order valence-corrected chi connectivity index (χ4v) is 5.59. The minimum atomic E-state index is -3.94. The van der Waals surface area contributed by atoms with Crippen LogP contribution in [0.15, 0.2) is 47.4 Å². The number of rotatable bonds is 8. The van der Waals surface area contributed by atoms with Crippen LogP contribution in [0.5, 0.6) is 0 Å². The second-order valence-corrected chi connectivity index (χ2v) is 11.1.